The second-order valence-corrected chi connectivity index (χ2v) is 2.59. The van der Waals surface area contributed by atoms with Gasteiger partial charge in [0, 0.05) is 13.2 Å². The molecule has 72 valence electrons. The quantitative estimate of drug-likeness (QED) is 0.330. The molecule has 0 radical (unpaired) electrons. The van der Waals surface area contributed by atoms with Crippen molar-refractivity contribution in [3.8, 4) is 0 Å². The molecule has 0 aromatic carbocycles. The second-order valence-electron chi connectivity index (χ2n) is 2.59. The lowest BCUT2D eigenvalue weighted by Gasteiger charge is -2.18. The Kier molecular flexibility index (Phi) is 6.70. The summed E-state index contributed by atoms with van der Waals surface area (Å²) < 4.78 is 5.19. The first-order valence-electron chi connectivity index (χ1n) is 4.33. The van der Waals surface area contributed by atoms with E-state index in [-0.39, 0.29) is 5.84 Å². The van der Waals surface area contributed by atoms with Gasteiger partial charge in [-0.1, -0.05) is 6.92 Å². The molecule has 12 heavy (non-hydrogen) atoms. The second kappa shape index (κ2) is 7.06. The molecule has 0 spiro atoms. The zero-order chi connectivity index (χ0) is 9.40. The summed E-state index contributed by atoms with van der Waals surface area (Å²) in [6, 6.07) is 0. The highest BCUT2D eigenvalue weighted by atomic mass is 16.5. The van der Waals surface area contributed by atoms with Crippen LogP contribution in [0, 0.1) is 5.41 Å². The van der Waals surface area contributed by atoms with Gasteiger partial charge in [0.2, 0.25) is 0 Å². The number of ether oxygens (including phenoxy) is 1. The van der Waals surface area contributed by atoms with Crippen molar-refractivity contribution in [2.75, 3.05) is 32.8 Å². The number of rotatable bonds is 7. The van der Waals surface area contributed by atoms with Gasteiger partial charge in [-0.05, 0) is 13.5 Å². The fourth-order valence-corrected chi connectivity index (χ4v) is 0.928. The highest BCUT2D eigenvalue weighted by molar-refractivity contribution is 5.78. The number of nitrogens with zero attached hydrogens (tertiary/aromatic N) is 1. The van der Waals surface area contributed by atoms with E-state index in [1.165, 1.54) is 0 Å². The van der Waals surface area contributed by atoms with Crippen LogP contribution in [0.1, 0.15) is 13.8 Å². The lowest BCUT2D eigenvalue weighted by molar-refractivity contribution is 0.120. The molecule has 4 nitrogen and oxygen atoms in total. The zero-order valence-corrected chi connectivity index (χ0v) is 7.97. The van der Waals surface area contributed by atoms with Gasteiger partial charge in [0.05, 0.1) is 13.2 Å². The minimum absolute atomic E-state index is 0.216. The van der Waals surface area contributed by atoms with Gasteiger partial charge in [0.25, 0.3) is 0 Å². The van der Waals surface area contributed by atoms with Crippen molar-refractivity contribution >= 4 is 5.84 Å². The fourth-order valence-electron chi connectivity index (χ4n) is 0.928. The Morgan fingerprint density at radius 1 is 1.50 bits per heavy atom. The van der Waals surface area contributed by atoms with Gasteiger partial charge in [0.1, 0.15) is 5.84 Å². The fraction of sp³-hybridized carbons (Fsp3) is 0.875. The summed E-state index contributed by atoms with van der Waals surface area (Å²) >= 11 is 0. The van der Waals surface area contributed by atoms with E-state index in [9.17, 15) is 0 Å². The van der Waals surface area contributed by atoms with Crippen LogP contribution in [0.15, 0.2) is 0 Å². The largest absolute Gasteiger partial charge is 0.387 e. The number of hydrogen-bond acceptors (Lipinski definition) is 3. The molecule has 0 fully saturated rings. The van der Waals surface area contributed by atoms with Crippen molar-refractivity contribution in [3.63, 3.8) is 0 Å². The van der Waals surface area contributed by atoms with Gasteiger partial charge in [-0.15, -0.1) is 0 Å². The highest BCUT2D eigenvalue weighted by Crippen LogP contribution is 1.87. The van der Waals surface area contributed by atoms with Crippen molar-refractivity contribution in [2.24, 2.45) is 5.73 Å². The van der Waals surface area contributed by atoms with E-state index in [2.05, 4.69) is 11.8 Å². The normalized spacial score (nSPS) is 10.6. The molecule has 3 N–H and O–H groups in total. The maximum absolute atomic E-state index is 7.10. The Balaban J connectivity index is 3.46. The maximum atomic E-state index is 7.10. The van der Waals surface area contributed by atoms with E-state index >= 15 is 0 Å². The van der Waals surface area contributed by atoms with E-state index in [0.717, 1.165) is 26.3 Å². The van der Waals surface area contributed by atoms with Crippen LogP contribution in [-0.2, 0) is 4.74 Å². The topological polar surface area (TPSA) is 62.3 Å². The van der Waals surface area contributed by atoms with Crippen LogP contribution in [0.4, 0.5) is 0 Å². The Labute approximate surface area is 74.2 Å². The van der Waals surface area contributed by atoms with E-state index in [1.54, 1.807) is 0 Å². The third kappa shape index (κ3) is 6.12. The lowest BCUT2D eigenvalue weighted by Crippen LogP contribution is -2.35. The van der Waals surface area contributed by atoms with Crippen LogP contribution >= 0.6 is 0 Å². The first-order valence-corrected chi connectivity index (χ1v) is 4.33. The summed E-state index contributed by atoms with van der Waals surface area (Å²) in [5.41, 5.74) is 5.27. The molecule has 0 aliphatic rings. The number of nitrogens with one attached hydrogen (secondary N) is 1. The van der Waals surface area contributed by atoms with E-state index in [4.69, 9.17) is 15.9 Å². The molecule has 0 heterocycles. The molecule has 0 saturated carbocycles. The number of likely N-dealkylation sites (N-methyl/N-ethyl adjacent to an activating group) is 1. The molecule has 0 aliphatic carbocycles. The number of amidine groups is 1. The van der Waals surface area contributed by atoms with Crippen LogP contribution in [0.25, 0.3) is 0 Å². The molecule has 0 aliphatic heterocycles. The molecule has 0 aromatic heterocycles. The molecule has 0 rings (SSSR count). The Hall–Kier alpha value is -0.610. The Bertz CT molecular complexity index is 127. The molecule has 0 unspecified atom stereocenters. The van der Waals surface area contributed by atoms with Crippen molar-refractivity contribution in [1.82, 2.24) is 4.90 Å². The van der Waals surface area contributed by atoms with Gasteiger partial charge in [-0.3, -0.25) is 10.3 Å². The molecule has 0 aromatic rings. The van der Waals surface area contributed by atoms with Crippen LogP contribution in [-0.4, -0.2) is 43.6 Å². The molecule has 4 heteroatoms. The minimum Gasteiger partial charge on any atom is -0.387 e. The lowest BCUT2D eigenvalue weighted by atomic mass is 10.4. The summed E-state index contributed by atoms with van der Waals surface area (Å²) in [5.74, 6) is 0.216. The molecule has 0 bridgehead atoms. The summed E-state index contributed by atoms with van der Waals surface area (Å²) in [6.45, 7) is 7.80. The molecule has 0 atom stereocenters. The SMILES string of the molecule is CCOCCN(CC)CC(=N)N. The summed E-state index contributed by atoms with van der Waals surface area (Å²) in [6.07, 6.45) is 0. The molecule has 0 amide bonds. The van der Waals surface area contributed by atoms with Crippen molar-refractivity contribution < 1.29 is 4.74 Å². The monoisotopic (exact) mass is 173 g/mol. The van der Waals surface area contributed by atoms with Crippen LogP contribution in [0.3, 0.4) is 0 Å². The smallest absolute Gasteiger partial charge is 0.105 e. The zero-order valence-electron chi connectivity index (χ0n) is 7.97. The molecular weight excluding hydrogens is 154 g/mol. The predicted molar refractivity (Wildman–Crippen MR) is 50.5 cm³/mol. The first kappa shape index (κ1) is 11.4. The van der Waals surface area contributed by atoms with Crippen molar-refractivity contribution in [2.45, 2.75) is 13.8 Å². The average molecular weight is 173 g/mol. The Morgan fingerprint density at radius 3 is 2.58 bits per heavy atom. The highest BCUT2D eigenvalue weighted by Gasteiger charge is 2.02. The third-order valence-corrected chi connectivity index (χ3v) is 1.60. The van der Waals surface area contributed by atoms with Crippen molar-refractivity contribution in [1.29, 1.82) is 5.41 Å². The summed E-state index contributed by atoms with van der Waals surface area (Å²) in [7, 11) is 0. The number of nitrogens with two attached hydrogens (primary N) is 1. The maximum Gasteiger partial charge on any atom is 0.105 e. The first-order chi connectivity index (χ1) is 5.70. The summed E-state index contributed by atoms with van der Waals surface area (Å²) in [4.78, 5) is 2.08. The predicted octanol–water partition coefficient (Wildman–Crippen LogP) is 0.281. The molecule has 0 saturated heterocycles. The minimum atomic E-state index is 0.216. The van der Waals surface area contributed by atoms with E-state index in [1.807, 2.05) is 6.92 Å². The van der Waals surface area contributed by atoms with Gasteiger partial charge in [0.15, 0.2) is 0 Å². The van der Waals surface area contributed by atoms with Gasteiger partial charge >= 0.3 is 0 Å². The summed E-state index contributed by atoms with van der Waals surface area (Å²) in [5, 5.41) is 7.10. The average Bonchev–Trinajstić information content (AvgIpc) is 2.02. The number of hydrogen-bond donors (Lipinski definition) is 2. The molecular formula is C8H19N3O. The van der Waals surface area contributed by atoms with Crippen LogP contribution < -0.4 is 5.73 Å². The van der Waals surface area contributed by atoms with Gasteiger partial charge in [-0.25, -0.2) is 0 Å². The Morgan fingerprint density at radius 2 is 2.17 bits per heavy atom. The van der Waals surface area contributed by atoms with E-state index < -0.39 is 0 Å². The van der Waals surface area contributed by atoms with Gasteiger partial charge in [-0.2, -0.15) is 0 Å². The standard InChI is InChI=1S/C8H19N3O/c1-3-11(7-8(9)10)5-6-12-4-2/h3-7H2,1-2H3,(H3,9,10). The van der Waals surface area contributed by atoms with Crippen LogP contribution in [0.2, 0.25) is 0 Å². The van der Waals surface area contributed by atoms with Gasteiger partial charge < -0.3 is 10.5 Å². The van der Waals surface area contributed by atoms with Crippen molar-refractivity contribution in [3.05, 3.63) is 0 Å². The van der Waals surface area contributed by atoms with E-state index in [0.29, 0.717) is 6.54 Å². The van der Waals surface area contributed by atoms with Crippen LogP contribution in [0.5, 0.6) is 0 Å². The third-order valence-electron chi connectivity index (χ3n) is 1.60.